The van der Waals surface area contributed by atoms with E-state index in [2.05, 4.69) is 23.8 Å². The van der Waals surface area contributed by atoms with Crippen LogP contribution in [0.4, 0.5) is 4.79 Å². The van der Waals surface area contributed by atoms with Crippen LogP contribution in [0, 0.1) is 0 Å². The second-order valence-corrected chi connectivity index (χ2v) is 6.11. The van der Waals surface area contributed by atoms with Gasteiger partial charge in [-0.25, -0.2) is 4.79 Å². The van der Waals surface area contributed by atoms with Gasteiger partial charge in [0.05, 0.1) is 0 Å². The van der Waals surface area contributed by atoms with Crippen molar-refractivity contribution in [3.05, 3.63) is 25.3 Å². The molecule has 2 N–H and O–H groups in total. The number of hydrogen-bond acceptors (Lipinski definition) is 3. The van der Waals surface area contributed by atoms with Gasteiger partial charge >= 0.3 is 6.09 Å². The van der Waals surface area contributed by atoms with Crippen molar-refractivity contribution < 1.29 is 9.53 Å². The molecule has 0 aromatic rings. The number of rotatable bonds is 7. The number of ether oxygens (including phenoxy) is 1. The molecule has 1 amide bonds. The van der Waals surface area contributed by atoms with Crippen molar-refractivity contribution in [3.8, 4) is 0 Å². The Balaban J connectivity index is 2.41. The van der Waals surface area contributed by atoms with Crippen LogP contribution in [0.15, 0.2) is 25.3 Å². The van der Waals surface area contributed by atoms with Crippen molar-refractivity contribution in [2.24, 2.45) is 0 Å². The van der Waals surface area contributed by atoms with E-state index in [-0.39, 0.29) is 17.7 Å². The van der Waals surface area contributed by atoms with Crippen LogP contribution in [-0.4, -0.2) is 29.8 Å². The average molecular weight is 266 g/mol. The minimum absolute atomic E-state index is 0.00947. The summed E-state index contributed by atoms with van der Waals surface area (Å²) in [5, 5.41) is 6.31. The van der Waals surface area contributed by atoms with E-state index in [9.17, 15) is 4.79 Å². The summed E-state index contributed by atoms with van der Waals surface area (Å²) >= 11 is 0. The Morgan fingerprint density at radius 3 is 2.47 bits per heavy atom. The zero-order valence-electron chi connectivity index (χ0n) is 12.3. The summed E-state index contributed by atoms with van der Waals surface area (Å²) in [5.74, 6) is 0. The van der Waals surface area contributed by atoms with E-state index in [4.69, 9.17) is 4.74 Å². The first kappa shape index (κ1) is 15.8. The van der Waals surface area contributed by atoms with Gasteiger partial charge in [0.1, 0.15) is 5.60 Å². The minimum Gasteiger partial charge on any atom is -0.444 e. The topological polar surface area (TPSA) is 50.4 Å². The fraction of sp³-hybridized carbons (Fsp3) is 0.667. The van der Waals surface area contributed by atoms with Crippen molar-refractivity contribution in [3.63, 3.8) is 0 Å². The average Bonchev–Trinajstić information content (AvgIpc) is 3.04. The van der Waals surface area contributed by atoms with Crippen molar-refractivity contribution in [2.75, 3.05) is 6.54 Å². The summed E-state index contributed by atoms with van der Waals surface area (Å²) in [5.41, 5.74) is -0.399. The summed E-state index contributed by atoms with van der Waals surface area (Å²) in [6, 6.07) is -0.00947. The first-order chi connectivity index (χ1) is 8.80. The number of carbonyl (C=O) groups excluding carboxylic acids is 1. The zero-order chi connectivity index (χ0) is 14.5. The molecule has 0 unspecified atom stereocenters. The van der Waals surface area contributed by atoms with Crippen LogP contribution in [0.3, 0.4) is 0 Å². The molecule has 1 aliphatic rings. The van der Waals surface area contributed by atoms with Crippen LogP contribution >= 0.6 is 0 Å². The molecule has 0 radical (unpaired) electrons. The molecular formula is C15H26N2O2. The fourth-order valence-electron chi connectivity index (χ4n) is 1.78. The molecule has 0 bridgehead atoms. The van der Waals surface area contributed by atoms with Crippen molar-refractivity contribution in [1.29, 1.82) is 0 Å². The molecule has 0 spiro atoms. The number of hydrogen-bond donors (Lipinski definition) is 2. The molecule has 0 saturated heterocycles. The molecule has 1 saturated carbocycles. The fourth-order valence-corrected chi connectivity index (χ4v) is 1.78. The minimum atomic E-state index is -0.477. The third kappa shape index (κ3) is 5.92. The molecule has 0 aliphatic heterocycles. The van der Waals surface area contributed by atoms with Crippen LogP contribution in [0.1, 0.15) is 40.0 Å². The summed E-state index contributed by atoms with van der Waals surface area (Å²) in [6.45, 7) is 13.8. The lowest BCUT2D eigenvalue weighted by Gasteiger charge is -2.24. The Bertz CT molecular complexity index is 341. The maximum atomic E-state index is 11.7. The van der Waals surface area contributed by atoms with Crippen LogP contribution in [-0.2, 0) is 4.74 Å². The number of nitrogens with one attached hydrogen (secondary N) is 2. The molecular weight excluding hydrogens is 240 g/mol. The second kappa shape index (κ2) is 6.24. The van der Waals surface area contributed by atoms with Crippen molar-refractivity contribution >= 4 is 6.09 Å². The molecule has 0 heterocycles. The van der Waals surface area contributed by atoms with E-state index in [0.717, 1.165) is 12.8 Å². The lowest BCUT2D eigenvalue weighted by atomic mass is 10.1. The summed E-state index contributed by atoms with van der Waals surface area (Å²) in [4.78, 5) is 11.7. The number of amides is 1. The summed E-state index contributed by atoms with van der Waals surface area (Å²) < 4.78 is 5.26. The van der Waals surface area contributed by atoms with Gasteiger partial charge in [-0.1, -0.05) is 12.2 Å². The van der Waals surface area contributed by atoms with Gasteiger partial charge in [0.25, 0.3) is 0 Å². The number of alkyl carbamates (subject to hydrolysis) is 1. The highest BCUT2D eigenvalue weighted by Crippen LogP contribution is 2.36. The largest absolute Gasteiger partial charge is 0.444 e. The van der Waals surface area contributed by atoms with Gasteiger partial charge < -0.3 is 15.4 Å². The Kier molecular flexibility index (Phi) is 5.18. The molecule has 1 aliphatic carbocycles. The first-order valence-corrected chi connectivity index (χ1v) is 6.79. The van der Waals surface area contributed by atoms with Gasteiger partial charge in [0.2, 0.25) is 0 Å². The zero-order valence-corrected chi connectivity index (χ0v) is 12.3. The highest BCUT2D eigenvalue weighted by Gasteiger charge is 2.39. The quantitative estimate of drug-likeness (QED) is 0.697. The van der Waals surface area contributed by atoms with Gasteiger partial charge in [0, 0.05) is 18.1 Å². The second-order valence-electron chi connectivity index (χ2n) is 6.11. The molecule has 1 fully saturated rings. The Morgan fingerprint density at radius 2 is 2.05 bits per heavy atom. The lowest BCUT2D eigenvalue weighted by molar-refractivity contribution is 0.0504. The molecule has 108 valence electrons. The van der Waals surface area contributed by atoms with Gasteiger partial charge in [-0.15, -0.1) is 13.2 Å². The van der Waals surface area contributed by atoms with Crippen LogP contribution in [0.2, 0.25) is 0 Å². The Labute approximate surface area is 116 Å². The normalized spacial score (nSPS) is 18.3. The van der Waals surface area contributed by atoms with E-state index in [1.54, 1.807) is 6.08 Å². The van der Waals surface area contributed by atoms with Crippen molar-refractivity contribution in [1.82, 2.24) is 10.6 Å². The highest BCUT2D eigenvalue weighted by atomic mass is 16.6. The maximum Gasteiger partial charge on any atom is 0.407 e. The van der Waals surface area contributed by atoms with Crippen LogP contribution in [0.5, 0.6) is 0 Å². The molecule has 4 heteroatoms. The van der Waals surface area contributed by atoms with E-state index < -0.39 is 5.60 Å². The molecule has 0 aromatic carbocycles. The van der Waals surface area contributed by atoms with Gasteiger partial charge in [-0.05, 0) is 40.0 Å². The predicted octanol–water partition coefficient (Wildman–Crippen LogP) is 2.76. The van der Waals surface area contributed by atoms with E-state index in [1.165, 1.54) is 0 Å². The summed E-state index contributed by atoms with van der Waals surface area (Å²) in [6.07, 6.45) is 6.31. The van der Waals surface area contributed by atoms with Crippen molar-refractivity contribution in [2.45, 2.75) is 57.2 Å². The highest BCUT2D eigenvalue weighted by molar-refractivity contribution is 5.68. The smallest absolute Gasteiger partial charge is 0.407 e. The monoisotopic (exact) mass is 266 g/mol. The van der Waals surface area contributed by atoms with Crippen LogP contribution in [0.25, 0.3) is 0 Å². The lowest BCUT2D eigenvalue weighted by Crippen LogP contribution is -2.46. The van der Waals surface area contributed by atoms with Crippen LogP contribution < -0.4 is 10.6 Å². The standard InChI is InChI=1S/C15H26N2O2/c1-6-8-12(11-16-15(7-2)9-10-15)17-13(18)19-14(3,4)5/h6-7,12,16H,1-2,8-11H2,3-5H3,(H,17,18)/t12-/m0/s1. The predicted molar refractivity (Wildman–Crippen MR) is 78.1 cm³/mol. The molecule has 1 rings (SSSR count). The molecule has 1 atom stereocenters. The maximum absolute atomic E-state index is 11.7. The Morgan fingerprint density at radius 1 is 1.42 bits per heavy atom. The van der Waals surface area contributed by atoms with Gasteiger partial charge in [-0.2, -0.15) is 0 Å². The first-order valence-electron chi connectivity index (χ1n) is 6.79. The van der Waals surface area contributed by atoms with E-state index in [0.29, 0.717) is 13.0 Å². The SMILES string of the molecule is C=CC[C@@H](CNC1(C=C)CC1)NC(=O)OC(C)(C)C. The van der Waals surface area contributed by atoms with Gasteiger partial charge in [0.15, 0.2) is 0 Å². The van der Waals surface area contributed by atoms with E-state index >= 15 is 0 Å². The third-order valence-corrected chi connectivity index (χ3v) is 3.05. The van der Waals surface area contributed by atoms with Gasteiger partial charge in [-0.3, -0.25) is 0 Å². The Hall–Kier alpha value is -1.29. The summed E-state index contributed by atoms with van der Waals surface area (Å²) in [7, 11) is 0. The van der Waals surface area contributed by atoms with E-state index in [1.807, 2.05) is 26.8 Å². The molecule has 0 aromatic heterocycles. The molecule has 19 heavy (non-hydrogen) atoms. The molecule has 4 nitrogen and oxygen atoms in total. The third-order valence-electron chi connectivity index (χ3n) is 3.05. The number of carbonyl (C=O) groups is 1.